The molecule has 0 unspecified atom stereocenters. The average Bonchev–Trinajstić information content (AvgIpc) is 3.20. The van der Waals surface area contributed by atoms with Crippen molar-refractivity contribution in [1.82, 2.24) is 15.2 Å². The van der Waals surface area contributed by atoms with Crippen LogP contribution in [-0.2, 0) is 19.4 Å². The van der Waals surface area contributed by atoms with Crippen molar-refractivity contribution in [1.29, 1.82) is 0 Å². The molecule has 2 aliphatic rings. The Bertz CT molecular complexity index is 1270. The fraction of sp³-hybridized carbons (Fsp3) is 0.500. The number of aliphatic hydroxyl groups excluding tert-OH is 1. The normalized spacial score (nSPS) is 17.8. The minimum absolute atomic E-state index is 0.163. The number of hydrogen-bond donors (Lipinski definition) is 3. The van der Waals surface area contributed by atoms with Gasteiger partial charge in [0.05, 0.1) is 23.3 Å². The number of hydrogen-bond acceptors (Lipinski definition) is 5. The van der Waals surface area contributed by atoms with Gasteiger partial charge in [0.15, 0.2) is 0 Å². The molecule has 204 valence electrons. The van der Waals surface area contributed by atoms with Crippen LogP contribution >= 0.6 is 23.5 Å². The third kappa shape index (κ3) is 6.17. The van der Waals surface area contributed by atoms with Crippen LogP contribution in [0.15, 0.2) is 42.6 Å². The molecule has 0 radical (unpaired) electrons. The second-order valence-electron chi connectivity index (χ2n) is 10.6. The lowest BCUT2D eigenvalue weighted by Gasteiger charge is -2.28. The molecule has 8 heteroatoms. The van der Waals surface area contributed by atoms with Crippen LogP contribution in [0.5, 0.6) is 0 Å². The third-order valence-electron chi connectivity index (χ3n) is 7.98. The molecular formula is C30H39ClN4O2S. The van der Waals surface area contributed by atoms with Gasteiger partial charge in [-0.25, -0.2) is 0 Å². The number of nitrogens with zero attached hydrogens (tertiary/aromatic N) is 2. The van der Waals surface area contributed by atoms with E-state index in [4.69, 9.17) is 11.6 Å². The van der Waals surface area contributed by atoms with E-state index in [2.05, 4.69) is 39.7 Å². The van der Waals surface area contributed by atoms with Gasteiger partial charge in [0, 0.05) is 54.1 Å². The van der Waals surface area contributed by atoms with Crippen LogP contribution in [0.2, 0.25) is 5.02 Å². The zero-order chi connectivity index (χ0) is 26.6. The summed E-state index contributed by atoms with van der Waals surface area (Å²) in [7, 11) is 2.07. The highest BCUT2D eigenvalue weighted by atomic mass is 35.5. The standard InChI is InChI=1S/C30H39ClN4O2S/c1-3-21-19-35-12-13-38-34(2)27-17-22(16-25(21)29(27)35)30(37)33-26(15-20-8-7-9-23(31)14-20)28(36)18-32-24-10-5-4-6-11-24/h7-9,14,16-17,19,24,26,28,32,36H,3-6,10-13,15,18H2,1-2H3,(H,33,37)/t26-,28+/m0/s1. The Balaban J connectivity index is 1.40. The Labute approximate surface area is 235 Å². The molecule has 2 atom stereocenters. The number of aliphatic hydroxyl groups is 1. The van der Waals surface area contributed by atoms with Gasteiger partial charge >= 0.3 is 0 Å². The summed E-state index contributed by atoms with van der Waals surface area (Å²) in [6.45, 7) is 3.56. The van der Waals surface area contributed by atoms with Crippen molar-refractivity contribution >= 4 is 46.0 Å². The number of nitrogens with one attached hydrogen (secondary N) is 2. The highest BCUT2D eigenvalue weighted by molar-refractivity contribution is 8.00. The molecule has 0 saturated heterocycles. The number of rotatable bonds is 9. The van der Waals surface area contributed by atoms with Gasteiger partial charge in [-0.1, -0.05) is 49.9 Å². The number of carbonyl (C=O) groups is 1. The van der Waals surface area contributed by atoms with Gasteiger partial charge in [-0.05, 0) is 73.0 Å². The van der Waals surface area contributed by atoms with E-state index < -0.39 is 12.1 Å². The average molecular weight is 555 g/mol. The molecule has 1 aromatic heterocycles. The summed E-state index contributed by atoms with van der Waals surface area (Å²) < 4.78 is 4.50. The van der Waals surface area contributed by atoms with Crippen LogP contribution in [0, 0.1) is 0 Å². The molecule has 1 amide bonds. The SMILES string of the molecule is CCc1cn2c3c(cc(C(=O)N[C@@H](Cc4cccc(Cl)c4)[C@H](O)CNC4CCCCC4)cc13)N(C)SCC2. The van der Waals surface area contributed by atoms with Gasteiger partial charge in [-0.2, -0.15) is 0 Å². The van der Waals surface area contributed by atoms with Crippen LogP contribution in [0.3, 0.4) is 0 Å². The third-order valence-corrected chi connectivity index (χ3v) is 9.16. The second-order valence-corrected chi connectivity index (χ2v) is 12.3. The summed E-state index contributed by atoms with van der Waals surface area (Å²) >= 11 is 8.02. The van der Waals surface area contributed by atoms with Gasteiger partial charge in [0.2, 0.25) is 0 Å². The van der Waals surface area contributed by atoms with Crippen molar-refractivity contribution in [2.24, 2.45) is 0 Å². The van der Waals surface area contributed by atoms with E-state index >= 15 is 0 Å². The van der Waals surface area contributed by atoms with E-state index in [9.17, 15) is 9.90 Å². The summed E-state index contributed by atoms with van der Waals surface area (Å²) in [5.74, 6) is 0.825. The Morgan fingerprint density at radius 3 is 2.79 bits per heavy atom. The molecule has 3 aromatic rings. The lowest BCUT2D eigenvalue weighted by molar-refractivity contribution is 0.0821. The summed E-state index contributed by atoms with van der Waals surface area (Å²) in [4.78, 5) is 13.8. The van der Waals surface area contributed by atoms with Gasteiger partial charge < -0.3 is 24.6 Å². The van der Waals surface area contributed by atoms with E-state index in [1.54, 1.807) is 11.9 Å². The van der Waals surface area contributed by atoms with Crippen LogP contribution in [0.25, 0.3) is 10.9 Å². The molecule has 1 fully saturated rings. The lowest BCUT2D eigenvalue weighted by Crippen LogP contribution is -2.50. The molecule has 5 rings (SSSR count). The fourth-order valence-corrected chi connectivity index (χ4v) is 6.90. The minimum atomic E-state index is -0.726. The quantitative estimate of drug-likeness (QED) is 0.301. The number of carbonyl (C=O) groups excluding carboxylic acids is 1. The number of benzene rings is 2. The highest BCUT2D eigenvalue weighted by Gasteiger charge is 2.26. The van der Waals surface area contributed by atoms with Gasteiger partial charge in [0.1, 0.15) is 0 Å². The number of aryl methyl sites for hydroxylation is 2. The number of anilines is 1. The largest absolute Gasteiger partial charge is 0.390 e. The lowest BCUT2D eigenvalue weighted by atomic mass is 9.94. The zero-order valence-electron chi connectivity index (χ0n) is 22.4. The van der Waals surface area contributed by atoms with Crippen molar-refractivity contribution in [3.63, 3.8) is 0 Å². The number of halogens is 1. The van der Waals surface area contributed by atoms with Crippen LogP contribution in [-0.4, -0.2) is 53.1 Å². The first kappa shape index (κ1) is 27.4. The van der Waals surface area contributed by atoms with E-state index in [0.717, 1.165) is 48.2 Å². The van der Waals surface area contributed by atoms with E-state index in [0.29, 0.717) is 29.6 Å². The number of aromatic nitrogens is 1. The maximum atomic E-state index is 13.8. The topological polar surface area (TPSA) is 69.5 Å². The van der Waals surface area contributed by atoms with Crippen molar-refractivity contribution in [3.05, 3.63) is 64.3 Å². The molecule has 1 saturated carbocycles. The van der Waals surface area contributed by atoms with Crippen LogP contribution in [0.4, 0.5) is 5.69 Å². The predicted octanol–water partition coefficient (Wildman–Crippen LogP) is 5.58. The predicted molar refractivity (Wildman–Crippen MR) is 159 cm³/mol. The molecule has 38 heavy (non-hydrogen) atoms. The van der Waals surface area contributed by atoms with Crippen molar-refractivity contribution < 1.29 is 9.90 Å². The Morgan fingerprint density at radius 2 is 2.03 bits per heavy atom. The smallest absolute Gasteiger partial charge is 0.251 e. The second kappa shape index (κ2) is 12.3. The first-order valence-corrected chi connectivity index (χ1v) is 15.2. The molecule has 0 spiro atoms. The summed E-state index contributed by atoms with van der Waals surface area (Å²) in [6.07, 6.45) is 8.96. The molecule has 1 aliphatic carbocycles. The first-order chi connectivity index (χ1) is 18.4. The summed E-state index contributed by atoms with van der Waals surface area (Å²) in [5.41, 5.74) is 5.11. The molecule has 6 nitrogen and oxygen atoms in total. The maximum Gasteiger partial charge on any atom is 0.251 e. The molecule has 0 bridgehead atoms. The first-order valence-electron chi connectivity index (χ1n) is 13.9. The van der Waals surface area contributed by atoms with Crippen molar-refractivity contribution in [2.45, 2.75) is 76.6 Å². The van der Waals surface area contributed by atoms with Crippen LogP contribution in [0.1, 0.15) is 60.5 Å². The number of amides is 1. The van der Waals surface area contributed by atoms with Crippen molar-refractivity contribution in [3.8, 4) is 0 Å². The molecule has 1 aliphatic heterocycles. The zero-order valence-corrected chi connectivity index (χ0v) is 24.0. The van der Waals surface area contributed by atoms with Gasteiger partial charge in [-0.15, -0.1) is 0 Å². The molecular weight excluding hydrogens is 516 g/mol. The van der Waals surface area contributed by atoms with Crippen LogP contribution < -0.4 is 14.9 Å². The molecule has 3 N–H and O–H groups in total. The Morgan fingerprint density at radius 1 is 1.21 bits per heavy atom. The van der Waals surface area contributed by atoms with Crippen molar-refractivity contribution in [2.75, 3.05) is 23.7 Å². The van der Waals surface area contributed by atoms with E-state index in [1.807, 2.05) is 36.4 Å². The molecule has 2 aromatic carbocycles. The van der Waals surface area contributed by atoms with E-state index in [-0.39, 0.29) is 5.91 Å². The van der Waals surface area contributed by atoms with E-state index in [1.165, 1.54) is 30.3 Å². The monoisotopic (exact) mass is 554 g/mol. The van der Waals surface area contributed by atoms with Gasteiger partial charge in [-0.3, -0.25) is 4.79 Å². The summed E-state index contributed by atoms with van der Waals surface area (Å²) in [5, 5.41) is 19.8. The Kier molecular flexibility index (Phi) is 8.88. The highest BCUT2D eigenvalue weighted by Crippen LogP contribution is 2.37. The Hall–Kier alpha value is -2.19. The fourth-order valence-electron chi connectivity index (χ4n) is 5.85. The van der Waals surface area contributed by atoms with Gasteiger partial charge in [0.25, 0.3) is 5.91 Å². The minimum Gasteiger partial charge on any atom is -0.390 e. The maximum absolute atomic E-state index is 13.8. The molecule has 2 heterocycles. The summed E-state index contributed by atoms with van der Waals surface area (Å²) in [6, 6.07) is 11.7.